The number of benzene rings is 1. The van der Waals surface area contributed by atoms with Gasteiger partial charge in [0.2, 0.25) is 5.95 Å². The van der Waals surface area contributed by atoms with Gasteiger partial charge >= 0.3 is 0 Å². The Morgan fingerprint density at radius 1 is 0.913 bits per heavy atom. The smallest absolute Gasteiger partial charge is 0.229 e. The lowest BCUT2D eigenvalue weighted by Crippen LogP contribution is -2.03. The molecule has 1 aromatic carbocycles. The molecule has 23 heavy (non-hydrogen) atoms. The number of aromatic nitrogens is 3. The quantitative estimate of drug-likeness (QED) is 0.752. The summed E-state index contributed by atoms with van der Waals surface area (Å²) in [6, 6.07) is 9.78. The summed E-state index contributed by atoms with van der Waals surface area (Å²) in [7, 11) is 0. The summed E-state index contributed by atoms with van der Waals surface area (Å²) >= 11 is 0. The van der Waals surface area contributed by atoms with Crippen LogP contribution in [-0.2, 0) is 0 Å². The Morgan fingerprint density at radius 2 is 1.74 bits per heavy atom. The van der Waals surface area contributed by atoms with Crippen molar-refractivity contribution in [3.63, 3.8) is 0 Å². The molecule has 0 saturated carbocycles. The number of anilines is 4. The molecule has 0 unspecified atom stereocenters. The predicted octanol–water partition coefficient (Wildman–Crippen LogP) is 4.19. The van der Waals surface area contributed by atoms with Gasteiger partial charge in [0.15, 0.2) is 5.82 Å². The van der Waals surface area contributed by atoms with E-state index in [2.05, 4.69) is 45.7 Å². The molecule has 0 amide bonds. The van der Waals surface area contributed by atoms with Gasteiger partial charge in [-0.25, -0.2) is 4.98 Å². The summed E-state index contributed by atoms with van der Waals surface area (Å²) < 4.78 is 5.05. The molecule has 0 radical (unpaired) electrons. The van der Waals surface area contributed by atoms with Crippen LogP contribution < -0.4 is 10.6 Å². The monoisotopic (exact) mass is 309 g/mol. The number of aryl methyl sites for hydroxylation is 3. The van der Waals surface area contributed by atoms with Crippen LogP contribution in [0.4, 0.5) is 23.3 Å². The topological polar surface area (TPSA) is 75.9 Å². The summed E-state index contributed by atoms with van der Waals surface area (Å²) in [6.07, 6.45) is 0. The molecule has 0 atom stereocenters. The number of hydrogen-bond acceptors (Lipinski definition) is 6. The summed E-state index contributed by atoms with van der Waals surface area (Å²) in [4.78, 5) is 8.93. The van der Waals surface area contributed by atoms with Crippen LogP contribution in [0.1, 0.15) is 22.6 Å². The molecule has 2 aromatic heterocycles. The molecule has 0 aliphatic carbocycles. The Bertz CT molecular complexity index is 841. The highest BCUT2D eigenvalue weighted by Crippen LogP contribution is 2.23. The van der Waals surface area contributed by atoms with E-state index >= 15 is 0 Å². The molecule has 2 N–H and O–H groups in total. The van der Waals surface area contributed by atoms with Crippen LogP contribution in [0.25, 0.3) is 0 Å². The van der Waals surface area contributed by atoms with Gasteiger partial charge in [0.1, 0.15) is 11.6 Å². The number of rotatable bonds is 4. The van der Waals surface area contributed by atoms with Gasteiger partial charge in [-0.1, -0.05) is 17.3 Å². The Kier molecular flexibility index (Phi) is 3.97. The van der Waals surface area contributed by atoms with Crippen molar-refractivity contribution in [3.05, 3.63) is 52.9 Å². The standard InChI is InChI=1S/C17H19N5O/c1-10-6-5-7-14(13(10)4)19-17-18-11(2)8-15(21-17)20-16-9-12(3)23-22-16/h5-9H,1-4H3,(H2,18,19,20,21,22). The SMILES string of the molecule is Cc1cc(Nc2cc(C)on2)nc(Nc2cccc(C)c2C)n1. The Morgan fingerprint density at radius 3 is 2.48 bits per heavy atom. The van der Waals surface area contributed by atoms with Crippen molar-refractivity contribution in [2.45, 2.75) is 27.7 Å². The number of nitrogens with one attached hydrogen (secondary N) is 2. The zero-order valence-corrected chi connectivity index (χ0v) is 13.6. The minimum atomic E-state index is 0.543. The summed E-state index contributed by atoms with van der Waals surface area (Å²) in [6.45, 7) is 7.92. The van der Waals surface area contributed by atoms with Gasteiger partial charge in [-0.15, -0.1) is 0 Å². The lowest BCUT2D eigenvalue weighted by Gasteiger charge is -2.11. The lowest BCUT2D eigenvalue weighted by atomic mass is 10.1. The van der Waals surface area contributed by atoms with Crippen molar-refractivity contribution in [2.24, 2.45) is 0 Å². The molecule has 3 rings (SSSR count). The van der Waals surface area contributed by atoms with Crippen LogP contribution >= 0.6 is 0 Å². The molecule has 0 spiro atoms. The molecule has 0 fully saturated rings. The molecule has 2 heterocycles. The Balaban J connectivity index is 1.86. The lowest BCUT2D eigenvalue weighted by molar-refractivity contribution is 0.400. The van der Waals surface area contributed by atoms with Gasteiger partial charge in [-0.2, -0.15) is 4.98 Å². The van der Waals surface area contributed by atoms with Gasteiger partial charge in [0.25, 0.3) is 0 Å². The van der Waals surface area contributed by atoms with Crippen LogP contribution in [0.5, 0.6) is 0 Å². The van der Waals surface area contributed by atoms with E-state index in [-0.39, 0.29) is 0 Å². The summed E-state index contributed by atoms with van der Waals surface area (Å²) in [5.41, 5.74) is 4.26. The second-order valence-electron chi connectivity index (χ2n) is 5.54. The van der Waals surface area contributed by atoms with E-state index < -0.39 is 0 Å². The zero-order valence-electron chi connectivity index (χ0n) is 13.6. The van der Waals surface area contributed by atoms with Crippen LogP contribution in [0.15, 0.2) is 34.9 Å². The first-order valence-corrected chi connectivity index (χ1v) is 7.40. The highest BCUT2D eigenvalue weighted by Gasteiger charge is 2.07. The van der Waals surface area contributed by atoms with Crippen LogP contribution in [0.2, 0.25) is 0 Å². The summed E-state index contributed by atoms with van der Waals surface area (Å²) in [5, 5.41) is 10.3. The molecule has 0 aliphatic rings. The fourth-order valence-electron chi connectivity index (χ4n) is 2.25. The van der Waals surface area contributed by atoms with Crippen molar-refractivity contribution < 1.29 is 4.52 Å². The van der Waals surface area contributed by atoms with Crippen molar-refractivity contribution >= 4 is 23.3 Å². The van der Waals surface area contributed by atoms with E-state index in [1.54, 1.807) is 0 Å². The minimum absolute atomic E-state index is 0.543. The van der Waals surface area contributed by atoms with Gasteiger partial charge in [-0.05, 0) is 44.9 Å². The fourth-order valence-corrected chi connectivity index (χ4v) is 2.25. The fraction of sp³-hybridized carbons (Fsp3) is 0.235. The first kappa shape index (κ1) is 15.0. The van der Waals surface area contributed by atoms with Crippen molar-refractivity contribution in [1.29, 1.82) is 0 Å². The second kappa shape index (κ2) is 6.08. The van der Waals surface area contributed by atoms with Crippen molar-refractivity contribution in [3.8, 4) is 0 Å². The predicted molar refractivity (Wildman–Crippen MR) is 90.5 cm³/mol. The Hall–Kier alpha value is -2.89. The van der Waals surface area contributed by atoms with Gasteiger partial charge in [0.05, 0.1) is 0 Å². The Labute approximate surface area is 135 Å². The minimum Gasteiger partial charge on any atom is -0.360 e. The van der Waals surface area contributed by atoms with E-state index in [1.165, 1.54) is 11.1 Å². The van der Waals surface area contributed by atoms with Crippen molar-refractivity contribution in [2.75, 3.05) is 10.6 Å². The van der Waals surface area contributed by atoms with E-state index in [0.717, 1.165) is 17.1 Å². The van der Waals surface area contributed by atoms with E-state index in [1.807, 2.05) is 38.1 Å². The van der Waals surface area contributed by atoms with Gasteiger partial charge in [0, 0.05) is 23.5 Å². The highest BCUT2D eigenvalue weighted by atomic mass is 16.5. The maximum Gasteiger partial charge on any atom is 0.229 e. The molecular weight excluding hydrogens is 290 g/mol. The average Bonchev–Trinajstić information content (AvgIpc) is 2.88. The normalized spacial score (nSPS) is 10.6. The van der Waals surface area contributed by atoms with Crippen LogP contribution in [-0.4, -0.2) is 15.1 Å². The highest BCUT2D eigenvalue weighted by molar-refractivity contribution is 5.62. The van der Waals surface area contributed by atoms with Gasteiger partial charge in [-0.3, -0.25) is 0 Å². The van der Waals surface area contributed by atoms with Crippen molar-refractivity contribution in [1.82, 2.24) is 15.1 Å². The zero-order chi connectivity index (χ0) is 16.4. The molecule has 3 aromatic rings. The molecule has 118 valence electrons. The van der Waals surface area contributed by atoms with Gasteiger partial charge < -0.3 is 15.2 Å². The van der Waals surface area contributed by atoms with E-state index in [4.69, 9.17) is 4.52 Å². The molecule has 0 saturated heterocycles. The van der Waals surface area contributed by atoms with Crippen LogP contribution in [0, 0.1) is 27.7 Å². The molecule has 6 heteroatoms. The van der Waals surface area contributed by atoms with E-state index in [9.17, 15) is 0 Å². The second-order valence-corrected chi connectivity index (χ2v) is 5.54. The molecule has 0 aliphatic heterocycles. The molecule has 6 nitrogen and oxygen atoms in total. The number of hydrogen-bond donors (Lipinski definition) is 2. The van der Waals surface area contributed by atoms with Crippen LogP contribution in [0.3, 0.4) is 0 Å². The first-order valence-electron chi connectivity index (χ1n) is 7.40. The third kappa shape index (κ3) is 3.48. The first-order chi connectivity index (χ1) is 11.0. The average molecular weight is 309 g/mol. The maximum atomic E-state index is 5.05. The third-order valence-electron chi connectivity index (χ3n) is 3.59. The maximum absolute atomic E-state index is 5.05. The number of nitrogens with zero attached hydrogens (tertiary/aromatic N) is 3. The summed E-state index contributed by atoms with van der Waals surface area (Å²) in [5.74, 6) is 2.57. The third-order valence-corrected chi connectivity index (χ3v) is 3.59. The molecular formula is C17H19N5O. The largest absolute Gasteiger partial charge is 0.360 e. The van der Waals surface area contributed by atoms with E-state index in [0.29, 0.717) is 17.6 Å². The molecule has 0 bridgehead atoms.